The maximum absolute atomic E-state index is 6.06. The Morgan fingerprint density at radius 2 is 2.04 bits per heavy atom. The Labute approximate surface area is 176 Å². The van der Waals surface area contributed by atoms with Crippen molar-refractivity contribution in [2.75, 3.05) is 18.8 Å². The van der Waals surface area contributed by atoms with E-state index in [-0.39, 0.29) is 0 Å². The third-order valence-corrected chi connectivity index (χ3v) is 7.12. The van der Waals surface area contributed by atoms with Gasteiger partial charge in [-0.1, -0.05) is 18.7 Å². The highest BCUT2D eigenvalue weighted by Gasteiger charge is 2.19. The van der Waals surface area contributed by atoms with E-state index in [1.165, 1.54) is 45.2 Å². The van der Waals surface area contributed by atoms with Gasteiger partial charge in [0.1, 0.15) is 6.33 Å². The Balaban J connectivity index is 1.69. The second-order valence-corrected chi connectivity index (χ2v) is 8.91. The van der Waals surface area contributed by atoms with Gasteiger partial charge in [-0.2, -0.15) is 0 Å². The van der Waals surface area contributed by atoms with Crippen LogP contribution in [0, 0.1) is 3.57 Å². The van der Waals surface area contributed by atoms with Gasteiger partial charge in [-0.15, -0.1) is 0 Å². The maximum atomic E-state index is 6.06. The lowest BCUT2D eigenvalue weighted by molar-refractivity contribution is 0.572. The normalized spacial score (nSPS) is 13.4. The zero-order valence-corrected chi connectivity index (χ0v) is 18.3. The Morgan fingerprint density at radius 1 is 1.22 bits per heavy atom. The van der Waals surface area contributed by atoms with Gasteiger partial charge in [0, 0.05) is 21.6 Å². The van der Waals surface area contributed by atoms with E-state index < -0.39 is 0 Å². The summed E-state index contributed by atoms with van der Waals surface area (Å²) >= 11 is 4.13. The Kier molecular flexibility index (Phi) is 5.84. The number of nitrogens with one attached hydrogen (secondary N) is 1. The molecule has 0 amide bonds. The van der Waals surface area contributed by atoms with Crippen LogP contribution >= 0.6 is 34.4 Å². The van der Waals surface area contributed by atoms with Crippen molar-refractivity contribution in [1.29, 1.82) is 0 Å². The molecule has 0 unspecified atom stereocenters. The molecule has 0 saturated heterocycles. The molecule has 0 aliphatic heterocycles. The minimum Gasteiger partial charge on any atom is -0.382 e. The lowest BCUT2D eigenvalue weighted by Gasteiger charge is -2.11. The largest absolute Gasteiger partial charge is 0.382 e. The third kappa shape index (κ3) is 3.93. The van der Waals surface area contributed by atoms with Crippen LogP contribution in [-0.4, -0.2) is 32.6 Å². The van der Waals surface area contributed by atoms with Crippen molar-refractivity contribution in [3.05, 3.63) is 33.2 Å². The maximum Gasteiger partial charge on any atom is 0.175 e. The molecule has 2 aromatic heterocycles. The molecule has 3 aromatic rings. The van der Waals surface area contributed by atoms with Crippen LogP contribution in [-0.2, 0) is 19.4 Å². The molecule has 0 radical (unpaired) electrons. The van der Waals surface area contributed by atoms with Crippen molar-refractivity contribution in [3.63, 3.8) is 0 Å². The quantitative estimate of drug-likeness (QED) is 0.386. The summed E-state index contributed by atoms with van der Waals surface area (Å²) < 4.78 is 3.43. The minimum absolute atomic E-state index is 0.436. The molecule has 27 heavy (non-hydrogen) atoms. The lowest BCUT2D eigenvalue weighted by Crippen LogP contribution is -2.21. The number of nitrogen functional groups attached to an aromatic ring is 1. The third-order valence-electron chi connectivity index (χ3n) is 4.81. The second-order valence-electron chi connectivity index (χ2n) is 6.73. The Bertz CT molecular complexity index is 970. The first kappa shape index (κ1) is 18.9. The Hall–Kier alpha value is -1.39. The summed E-state index contributed by atoms with van der Waals surface area (Å²) in [5.74, 6) is 0.436. The van der Waals surface area contributed by atoms with Gasteiger partial charge < -0.3 is 15.6 Å². The van der Waals surface area contributed by atoms with E-state index in [4.69, 9.17) is 10.7 Å². The minimum atomic E-state index is 0.436. The van der Waals surface area contributed by atoms with Gasteiger partial charge in [-0.25, -0.2) is 15.0 Å². The summed E-state index contributed by atoms with van der Waals surface area (Å²) in [5, 5.41) is 4.38. The lowest BCUT2D eigenvalue weighted by atomic mass is 10.1. The molecule has 8 heteroatoms. The van der Waals surface area contributed by atoms with E-state index in [0.29, 0.717) is 11.3 Å². The molecule has 0 atom stereocenters. The predicted molar refractivity (Wildman–Crippen MR) is 118 cm³/mol. The first-order valence-electron chi connectivity index (χ1n) is 9.34. The number of hydrogen-bond acceptors (Lipinski definition) is 6. The van der Waals surface area contributed by atoms with Crippen molar-refractivity contribution in [2.24, 2.45) is 0 Å². The summed E-state index contributed by atoms with van der Waals surface area (Å²) in [6.45, 7) is 4.86. The van der Waals surface area contributed by atoms with Crippen LogP contribution in [0.25, 0.3) is 11.2 Å². The number of nitrogens with two attached hydrogens (primary N) is 1. The van der Waals surface area contributed by atoms with Crippen LogP contribution < -0.4 is 11.1 Å². The predicted octanol–water partition coefficient (Wildman–Crippen LogP) is 3.65. The monoisotopic (exact) mass is 494 g/mol. The molecule has 0 spiro atoms. The van der Waals surface area contributed by atoms with Crippen LogP contribution in [0.3, 0.4) is 0 Å². The van der Waals surface area contributed by atoms with Gasteiger partial charge >= 0.3 is 0 Å². The number of rotatable bonds is 7. The highest BCUT2D eigenvalue weighted by molar-refractivity contribution is 14.1. The summed E-state index contributed by atoms with van der Waals surface area (Å²) in [4.78, 5) is 14.6. The molecule has 0 bridgehead atoms. The van der Waals surface area contributed by atoms with E-state index in [9.17, 15) is 0 Å². The van der Waals surface area contributed by atoms with Crippen LogP contribution in [0.5, 0.6) is 0 Å². The zero-order chi connectivity index (χ0) is 18.8. The fourth-order valence-corrected chi connectivity index (χ4v) is 5.30. The average Bonchev–Trinajstić information content (AvgIpc) is 3.24. The first-order chi connectivity index (χ1) is 13.2. The molecule has 1 aromatic carbocycles. The number of fused-ring (bicyclic) bond motifs is 2. The number of imidazole rings is 1. The van der Waals surface area contributed by atoms with E-state index in [2.05, 4.69) is 61.5 Å². The molecule has 6 nitrogen and oxygen atoms in total. The van der Waals surface area contributed by atoms with Gasteiger partial charge in [-0.3, -0.25) is 0 Å². The SMILES string of the molecule is CCCNCCn1c(Sc2cc3c(cc2I)CCC3)nc2c(N)ncnc21. The average molecular weight is 494 g/mol. The molecule has 0 fully saturated rings. The van der Waals surface area contributed by atoms with Crippen LogP contribution in [0.4, 0.5) is 5.82 Å². The van der Waals surface area contributed by atoms with Gasteiger partial charge in [0.25, 0.3) is 0 Å². The Morgan fingerprint density at radius 3 is 2.85 bits per heavy atom. The number of nitrogens with zero attached hydrogens (tertiary/aromatic N) is 4. The molecular formula is C19H23IN6S. The van der Waals surface area contributed by atoms with E-state index >= 15 is 0 Å². The van der Waals surface area contributed by atoms with Gasteiger partial charge in [0.2, 0.25) is 0 Å². The van der Waals surface area contributed by atoms with E-state index in [1.807, 2.05) is 0 Å². The number of halogens is 1. The summed E-state index contributed by atoms with van der Waals surface area (Å²) in [6.07, 6.45) is 6.27. The topological polar surface area (TPSA) is 81.7 Å². The highest BCUT2D eigenvalue weighted by Crippen LogP contribution is 2.36. The van der Waals surface area contributed by atoms with Crippen LogP contribution in [0.15, 0.2) is 28.5 Å². The summed E-state index contributed by atoms with van der Waals surface area (Å²) in [7, 11) is 0. The van der Waals surface area contributed by atoms with E-state index in [1.54, 1.807) is 11.8 Å². The van der Waals surface area contributed by atoms with Gasteiger partial charge in [-0.05, 0) is 78.1 Å². The standard InChI is InChI=1S/C19H23IN6S/c1-2-6-22-7-8-26-18-16(17(21)23-11-24-18)25-19(26)27-15-10-13-5-3-4-12(13)9-14(15)20/h9-11,22H,2-8H2,1H3,(H2,21,23,24). The number of aryl methyl sites for hydroxylation is 2. The molecule has 142 valence electrons. The molecule has 0 saturated carbocycles. The second kappa shape index (κ2) is 8.32. The number of hydrogen-bond donors (Lipinski definition) is 2. The number of benzene rings is 1. The molecule has 4 rings (SSSR count). The van der Waals surface area contributed by atoms with Gasteiger partial charge in [0.05, 0.1) is 0 Å². The molecule has 2 heterocycles. The van der Waals surface area contributed by atoms with Crippen LogP contribution in [0.1, 0.15) is 30.9 Å². The van der Waals surface area contributed by atoms with Crippen LogP contribution in [0.2, 0.25) is 0 Å². The summed E-state index contributed by atoms with van der Waals surface area (Å²) in [5.41, 5.74) is 10.5. The fourth-order valence-electron chi connectivity index (χ4n) is 3.45. The first-order valence-corrected chi connectivity index (χ1v) is 11.2. The van der Waals surface area contributed by atoms with Gasteiger partial charge in [0.15, 0.2) is 22.1 Å². The van der Waals surface area contributed by atoms with E-state index in [0.717, 1.165) is 36.9 Å². The van der Waals surface area contributed by atoms with Crippen molar-refractivity contribution < 1.29 is 0 Å². The number of anilines is 1. The molecule has 1 aliphatic carbocycles. The fraction of sp³-hybridized carbons (Fsp3) is 0.421. The zero-order valence-electron chi connectivity index (χ0n) is 15.3. The number of aromatic nitrogens is 4. The van der Waals surface area contributed by atoms with Crippen molar-refractivity contribution in [1.82, 2.24) is 24.8 Å². The molecule has 3 N–H and O–H groups in total. The molecular weight excluding hydrogens is 471 g/mol. The highest BCUT2D eigenvalue weighted by atomic mass is 127. The smallest absolute Gasteiger partial charge is 0.175 e. The summed E-state index contributed by atoms with van der Waals surface area (Å²) in [6, 6.07) is 4.66. The van der Waals surface area contributed by atoms with Crippen molar-refractivity contribution in [2.45, 2.75) is 49.2 Å². The molecule has 1 aliphatic rings. The van der Waals surface area contributed by atoms with Crippen molar-refractivity contribution >= 4 is 51.3 Å². The van der Waals surface area contributed by atoms with Crippen molar-refractivity contribution in [3.8, 4) is 0 Å².